The molecule has 0 unspecified atom stereocenters. The maximum absolute atomic E-state index is 11.6. The Kier molecular flexibility index (Phi) is 6.79. The first-order valence-electron chi connectivity index (χ1n) is 8.01. The van der Waals surface area contributed by atoms with E-state index < -0.39 is 0 Å². The molecule has 2 amide bonds. The van der Waals surface area contributed by atoms with E-state index in [0.717, 1.165) is 27.5 Å². The van der Waals surface area contributed by atoms with Gasteiger partial charge in [0.25, 0.3) is 11.8 Å². The van der Waals surface area contributed by atoms with Gasteiger partial charge in [-0.3, -0.25) is 9.59 Å². The fraction of sp³-hybridized carbons (Fsp3) is 0.222. The number of hydrogen-bond donors (Lipinski definition) is 2. The molecule has 0 spiro atoms. The van der Waals surface area contributed by atoms with Gasteiger partial charge in [-0.15, -0.1) is 0 Å². The van der Waals surface area contributed by atoms with E-state index in [1.807, 2.05) is 0 Å². The van der Waals surface area contributed by atoms with Crippen molar-refractivity contribution in [2.75, 3.05) is 13.1 Å². The van der Waals surface area contributed by atoms with Gasteiger partial charge in [-0.2, -0.15) is 0 Å². The molecule has 2 aliphatic heterocycles. The van der Waals surface area contributed by atoms with Crippen LogP contribution in [0.1, 0.15) is 31.8 Å². The Bertz CT molecular complexity index is 950. The number of benzene rings is 2. The average molecular weight is 558 g/mol. The number of amides is 2. The van der Waals surface area contributed by atoms with Crippen molar-refractivity contribution in [2.24, 2.45) is 0 Å². The number of rotatable bonds is 0. The summed E-state index contributed by atoms with van der Waals surface area (Å²) in [6, 6.07) is 5.16. The van der Waals surface area contributed by atoms with Crippen LogP contribution in [0.5, 0.6) is 0 Å². The van der Waals surface area contributed by atoms with E-state index in [-0.39, 0.29) is 11.8 Å². The van der Waals surface area contributed by atoms with Gasteiger partial charge in [0.15, 0.2) is 0 Å². The third-order valence-electron chi connectivity index (χ3n) is 4.25. The van der Waals surface area contributed by atoms with E-state index in [2.05, 4.69) is 33.2 Å². The Labute approximate surface area is 190 Å². The van der Waals surface area contributed by atoms with Gasteiger partial charge >= 0.3 is 0 Å². The molecule has 142 valence electrons. The molecule has 4 rings (SSSR count). The minimum absolute atomic E-state index is 0.128. The topological polar surface area (TPSA) is 58.2 Å². The van der Waals surface area contributed by atoms with Crippen LogP contribution in [0.4, 0.5) is 0 Å². The van der Waals surface area contributed by atoms with Gasteiger partial charge in [0.2, 0.25) is 0 Å². The third-order valence-corrected chi connectivity index (χ3v) is 6.82. The highest BCUT2D eigenvalue weighted by molar-refractivity contribution is 14.1. The van der Waals surface area contributed by atoms with Crippen molar-refractivity contribution in [1.29, 1.82) is 0 Å². The van der Waals surface area contributed by atoms with Crippen molar-refractivity contribution in [2.45, 2.75) is 12.8 Å². The molecule has 4 nitrogen and oxygen atoms in total. The van der Waals surface area contributed by atoms with Crippen molar-refractivity contribution in [1.82, 2.24) is 10.6 Å². The first-order chi connectivity index (χ1) is 12.8. The smallest absolute Gasteiger partial charge is 0.253 e. The minimum Gasteiger partial charge on any atom is -0.352 e. The van der Waals surface area contributed by atoms with Gasteiger partial charge < -0.3 is 10.6 Å². The highest BCUT2D eigenvalue weighted by Gasteiger charge is 2.24. The molecule has 0 atom stereocenters. The average Bonchev–Trinajstić information content (AvgIpc) is 2.63. The summed E-state index contributed by atoms with van der Waals surface area (Å²) in [6.45, 7) is 1.26. The first-order valence-corrected chi connectivity index (χ1v) is 10.6. The van der Waals surface area contributed by atoms with Crippen molar-refractivity contribution >= 4 is 80.8 Å². The Morgan fingerprint density at radius 1 is 0.778 bits per heavy atom. The summed E-state index contributed by atoms with van der Waals surface area (Å²) in [4.78, 5) is 23.0. The summed E-state index contributed by atoms with van der Waals surface area (Å²) in [5, 5.41) is 7.69. The van der Waals surface area contributed by atoms with E-state index in [9.17, 15) is 9.59 Å². The number of carbonyl (C=O) groups is 2. The number of carbonyl (C=O) groups excluding carboxylic acids is 2. The van der Waals surface area contributed by atoms with Crippen LogP contribution < -0.4 is 10.6 Å². The first kappa shape index (κ1) is 21.0. The van der Waals surface area contributed by atoms with E-state index in [1.165, 1.54) is 0 Å². The summed E-state index contributed by atoms with van der Waals surface area (Å²) in [5.41, 5.74) is 2.79. The minimum atomic E-state index is -0.131. The zero-order valence-electron chi connectivity index (χ0n) is 13.8. The molecule has 27 heavy (non-hydrogen) atoms. The van der Waals surface area contributed by atoms with Crippen LogP contribution in [0.25, 0.3) is 0 Å². The lowest BCUT2D eigenvalue weighted by Crippen LogP contribution is -2.32. The van der Waals surface area contributed by atoms with Gasteiger partial charge in [-0.25, -0.2) is 0 Å². The van der Waals surface area contributed by atoms with E-state index in [0.29, 0.717) is 44.3 Å². The SMILES string of the molecule is O=C1NCCc2c(Cl)cc(I)c(Cl)c21.O=C1NCCc2c(Cl)ccc(Cl)c21. The van der Waals surface area contributed by atoms with Gasteiger partial charge in [-0.05, 0) is 64.8 Å². The normalized spacial score (nSPS) is 15.0. The second-order valence-corrected chi connectivity index (χ2v) is 8.66. The van der Waals surface area contributed by atoms with Crippen molar-refractivity contribution in [3.63, 3.8) is 0 Å². The van der Waals surface area contributed by atoms with Crippen LogP contribution in [-0.2, 0) is 12.8 Å². The Morgan fingerprint density at radius 3 is 1.89 bits per heavy atom. The van der Waals surface area contributed by atoms with Crippen LogP contribution in [0, 0.1) is 3.57 Å². The highest BCUT2D eigenvalue weighted by Crippen LogP contribution is 2.33. The molecule has 2 heterocycles. The van der Waals surface area contributed by atoms with E-state index in [1.54, 1.807) is 18.2 Å². The lowest BCUT2D eigenvalue weighted by molar-refractivity contribution is 0.0938. The largest absolute Gasteiger partial charge is 0.352 e. The van der Waals surface area contributed by atoms with Crippen molar-refractivity contribution in [3.8, 4) is 0 Å². The molecule has 2 aliphatic rings. The van der Waals surface area contributed by atoms with Crippen molar-refractivity contribution in [3.05, 3.63) is 64.1 Å². The molecular formula is C18H13Cl4IN2O2. The summed E-state index contributed by atoms with van der Waals surface area (Å²) < 4.78 is 0.810. The molecule has 0 radical (unpaired) electrons. The summed E-state index contributed by atoms with van der Waals surface area (Å²) in [7, 11) is 0. The Hall–Kier alpha value is -0.730. The van der Waals surface area contributed by atoms with Crippen molar-refractivity contribution < 1.29 is 9.59 Å². The molecular weight excluding hydrogens is 545 g/mol. The Morgan fingerprint density at radius 2 is 1.30 bits per heavy atom. The molecule has 0 fully saturated rings. The van der Waals surface area contributed by atoms with Crippen LogP contribution >= 0.6 is 69.0 Å². The van der Waals surface area contributed by atoms with E-state index >= 15 is 0 Å². The maximum Gasteiger partial charge on any atom is 0.253 e. The number of fused-ring (bicyclic) bond motifs is 2. The monoisotopic (exact) mass is 556 g/mol. The second-order valence-electron chi connectivity index (χ2n) is 5.90. The fourth-order valence-electron chi connectivity index (χ4n) is 2.98. The highest BCUT2D eigenvalue weighted by atomic mass is 127. The fourth-order valence-corrected chi connectivity index (χ4v) is 4.81. The second kappa shape index (κ2) is 8.74. The van der Waals surface area contributed by atoms with Crippen LogP contribution in [0.3, 0.4) is 0 Å². The standard InChI is InChI=1S/C9H6Cl2INO.C9H7Cl2NO/c10-5-3-6(12)8(11)7-4(5)1-2-13-9(7)14;10-6-1-2-7(11)8-5(6)3-4-12-9(8)13/h3H,1-2H2,(H,13,14);1-2H,3-4H2,(H,12,13). The number of nitrogens with one attached hydrogen (secondary N) is 2. The lowest BCUT2D eigenvalue weighted by Gasteiger charge is -2.19. The van der Waals surface area contributed by atoms with Gasteiger partial charge in [-0.1, -0.05) is 46.4 Å². The molecule has 9 heteroatoms. The molecule has 0 saturated carbocycles. The quantitative estimate of drug-likeness (QED) is 0.347. The Balaban J connectivity index is 0.000000156. The van der Waals surface area contributed by atoms with Gasteiger partial charge in [0, 0.05) is 26.7 Å². The third kappa shape index (κ3) is 4.32. The molecule has 0 aromatic heterocycles. The summed E-state index contributed by atoms with van der Waals surface area (Å²) in [6.07, 6.45) is 1.50. The lowest BCUT2D eigenvalue weighted by atomic mass is 10.0. The summed E-state index contributed by atoms with van der Waals surface area (Å²) >= 11 is 26.0. The molecule has 2 aromatic carbocycles. The van der Waals surface area contributed by atoms with Gasteiger partial charge in [0.05, 0.1) is 21.2 Å². The zero-order valence-corrected chi connectivity index (χ0v) is 18.9. The molecule has 2 N–H and O–H groups in total. The van der Waals surface area contributed by atoms with Crippen LogP contribution in [-0.4, -0.2) is 24.9 Å². The van der Waals surface area contributed by atoms with E-state index in [4.69, 9.17) is 46.4 Å². The molecule has 0 bridgehead atoms. The van der Waals surface area contributed by atoms with Crippen LogP contribution in [0.2, 0.25) is 20.1 Å². The molecule has 0 aliphatic carbocycles. The maximum atomic E-state index is 11.6. The van der Waals surface area contributed by atoms with Crippen LogP contribution in [0.15, 0.2) is 18.2 Å². The van der Waals surface area contributed by atoms with Gasteiger partial charge in [0.1, 0.15) is 0 Å². The molecule has 2 aromatic rings. The molecule has 0 saturated heterocycles. The number of halogens is 5. The predicted molar refractivity (Wildman–Crippen MR) is 118 cm³/mol. The number of hydrogen-bond acceptors (Lipinski definition) is 2. The zero-order chi connectivity index (χ0) is 19.7. The summed E-state index contributed by atoms with van der Waals surface area (Å²) in [5.74, 6) is -0.259. The predicted octanol–water partition coefficient (Wildman–Crippen LogP) is 5.16.